The first-order valence-electron chi connectivity index (χ1n) is 6.82. The molecule has 1 nitrogen and oxygen atoms in total. The molecule has 1 unspecified atom stereocenters. The Hall–Kier alpha value is -0.460. The van der Waals surface area contributed by atoms with E-state index in [0.29, 0.717) is 0 Å². The molecular weight excluding hydrogens is 182 g/mol. The minimum Gasteiger partial charge on any atom is -0.385 e. The molecule has 1 heterocycles. The quantitative estimate of drug-likeness (QED) is 0.726. The van der Waals surface area contributed by atoms with Crippen LogP contribution >= 0.6 is 0 Å². The van der Waals surface area contributed by atoms with Crippen molar-refractivity contribution in [2.75, 3.05) is 0 Å². The van der Waals surface area contributed by atoms with E-state index < -0.39 is 0 Å². The average Bonchev–Trinajstić information content (AvgIpc) is 2.77. The summed E-state index contributed by atoms with van der Waals surface area (Å²) >= 11 is 0. The van der Waals surface area contributed by atoms with Crippen LogP contribution in [0.1, 0.15) is 51.4 Å². The van der Waals surface area contributed by atoms with Crippen molar-refractivity contribution >= 4 is 0 Å². The van der Waals surface area contributed by atoms with Crippen molar-refractivity contribution in [2.45, 2.75) is 57.4 Å². The Morgan fingerprint density at radius 2 is 1.93 bits per heavy atom. The monoisotopic (exact) mass is 203 g/mol. The highest BCUT2D eigenvalue weighted by Gasteiger charge is 2.50. The van der Waals surface area contributed by atoms with E-state index in [2.05, 4.69) is 11.4 Å². The molecule has 0 aromatic heterocycles. The van der Waals surface area contributed by atoms with Crippen molar-refractivity contribution in [1.29, 1.82) is 0 Å². The molecular formula is C14H21N. The Kier molecular flexibility index (Phi) is 1.62. The van der Waals surface area contributed by atoms with Gasteiger partial charge in [0, 0.05) is 11.7 Å². The van der Waals surface area contributed by atoms with Gasteiger partial charge in [0.2, 0.25) is 0 Å². The van der Waals surface area contributed by atoms with Crippen LogP contribution < -0.4 is 5.32 Å². The summed E-state index contributed by atoms with van der Waals surface area (Å²) < 4.78 is 0. The number of hydrogen-bond acceptors (Lipinski definition) is 1. The molecule has 0 amide bonds. The zero-order chi connectivity index (χ0) is 9.88. The van der Waals surface area contributed by atoms with Crippen LogP contribution in [0.25, 0.3) is 0 Å². The smallest absolute Gasteiger partial charge is 0.0349 e. The summed E-state index contributed by atoms with van der Waals surface area (Å²) in [5.41, 5.74) is 2.34. The molecule has 2 bridgehead atoms. The normalized spacial score (nSPS) is 48.1. The van der Waals surface area contributed by atoms with Crippen LogP contribution in [0.2, 0.25) is 0 Å². The third-order valence-electron chi connectivity index (χ3n) is 5.47. The van der Waals surface area contributed by atoms with Gasteiger partial charge in [-0.25, -0.2) is 0 Å². The van der Waals surface area contributed by atoms with E-state index in [1.807, 2.05) is 0 Å². The van der Waals surface area contributed by atoms with Crippen LogP contribution in [0.15, 0.2) is 11.8 Å². The second-order valence-electron chi connectivity index (χ2n) is 6.38. The second-order valence-corrected chi connectivity index (χ2v) is 6.38. The van der Waals surface area contributed by atoms with Crippen LogP contribution in [0.4, 0.5) is 0 Å². The highest BCUT2D eigenvalue weighted by atomic mass is 15.0. The van der Waals surface area contributed by atoms with E-state index in [0.717, 1.165) is 23.3 Å². The molecule has 3 aliphatic carbocycles. The summed E-state index contributed by atoms with van der Waals surface area (Å²) in [5.74, 6) is 2.03. The maximum atomic E-state index is 3.87. The molecule has 4 aliphatic rings. The molecule has 0 saturated heterocycles. The molecule has 1 N–H and O–H groups in total. The summed E-state index contributed by atoms with van der Waals surface area (Å²) in [4.78, 5) is 0. The standard InChI is InChI=1S/C14H21N/c1-2-11(1)12-3-4-13(15-12)14-7-5-10(9-14)6-8-14/h3,10-11,13,15H,1-2,4-9H2. The molecule has 4 rings (SSSR count). The molecule has 3 saturated carbocycles. The van der Waals surface area contributed by atoms with Crippen molar-refractivity contribution in [3.63, 3.8) is 0 Å². The summed E-state index contributed by atoms with van der Waals surface area (Å²) in [6.07, 6.45) is 14.4. The van der Waals surface area contributed by atoms with Gasteiger partial charge in [0.15, 0.2) is 0 Å². The predicted octanol–water partition coefficient (Wildman–Crippen LogP) is 3.22. The number of nitrogens with one attached hydrogen (secondary N) is 1. The van der Waals surface area contributed by atoms with E-state index in [1.54, 1.807) is 5.70 Å². The van der Waals surface area contributed by atoms with Gasteiger partial charge in [-0.05, 0) is 68.6 Å². The second kappa shape index (κ2) is 2.81. The van der Waals surface area contributed by atoms with Gasteiger partial charge in [-0.1, -0.05) is 6.08 Å². The third kappa shape index (κ3) is 1.21. The Bertz CT molecular complexity index is 305. The topological polar surface area (TPSA) is 12.0 Å². The van der Waals surface area contributed by atoms with Crippen LogP contribution in [0.3, 0.4) is 0 Å². The number of rotatable bonds is 2. The molecule has 3 fully saturated rings. The minimum absolute atomic E-state index is 0.720. The Morgan fingerprint density at radius 3 is 2.53 bits per heavy atom. The summed E-state index contributed by atoms with van der Waals surface area (Å²) in [6, 6.07) is 0.820. The lowest BCUT2D eigenvalue weighted by Gasteiger charge is -2.34. The number of fused-ring (bicyclic) bond motifs is 2. The van der Waals surface area contributed by atoms with Crippen LogP contribution in [-0.2, 0) is 0 Å². The van der Waals surface area contributed by atoms with E-state index >= 15 is 0 Å². The van der Waals surface area contributed by atoms with Crippen LogP contribution in [0.5, 0.6) is 0 Å². The molecule has 1 aliphatic heterocycles. The first-order valence-corrected chi connectivity index (χ1v) is 6.82. The molecule has 15 heavy (non-hydrogen) atoms. The molecule has 0 aromatic carbocycles. The molecule has 0 radical (unpaired) electrons. The van der Waals surface area contributed by atoms with Gasteiger partial charge in [-0.2, -0.15) is 0 Å². The summed E-state index contributed by atoms with van der Waals surface area (Å²) in [5, 5.41) is 3.87. The van der Waals surface area contributed by atoms with Gasteiger partial charge in [0.1, 0.15) is 0 Å². The van der Waals surface area contributed by atoms with E-state index in [1.165, 1.54) is 51.4 Å². The lowest BCUT2D eigenvalue weighted by Crippen LogP contribution is -2.39. The van der Waals surface area contributed by atoms with Gasteiger partial charge < -0.3 is 5.32 Å². The Labute approximate surface area is 92.3 Å². The van der Waals surface area contributed by atoms with Gasteiger partial charge in [-0.3, -0.25) is 0 Å². The van der Waals surface area contributed by atoms with E-state index in [4.69, 9.17) is 0 Å². The zero-order valence-corrected chi connectivity index (χ0v) is 9.47. The van der Waals surface area contributed by atoms with Crippen molar-refractivity contribution in [3.05, 3.63) is 11.8 Å². The van der Waals surface area contributed by atoms with Gasteiger partial charge in [0.05, 0.1) is 0 Å². The fraction of sp³-hybridized carbons (Fsp3) is 0.857. The molecule has 82 valence electrons. The minimum atomic E-state index is 0.720. The molecule has 0 spiro atoms. The van der Waals surface area contributed by atoms with Crippen molar-refractivity contribution < 1.29 is 0 Å². The van der Waals surface area contributed by atoms with Crippen molar-refractivity contribution in [2.24, 2.45) is 17.3 Å². The SMILES string of the molecule is C1=C(C2CC2)NC(C23CCC(CC2)C3)C1. The molecule has 0 aromatic rings. The van der Waals surface area contributed by atoms with Gasteiger partial charge >= 0.3 is 0 Å². The van der Waals surface area contributed by atoms with Crippen molar-refractivity contribution in [3.8, 4) is 0 Å². The maximum absolute atomic E-state index is 3.87. The first-order chi connectivity index (χ1) is 7.36. The molecule has 1 atom stereocenters. The first kappa shape index (κ1) is 8.66. The highest BCUT2D eigenvalue weighted by Crippen LogP contribution is 2.57. The average molecular weight is 203 g/mol. The van der Waals surface area contributed by atoms with E-state index in [-0.39, 0.29) is 0 Å². The summed E-state index contributed by atoms with van der Waals surface area (Å²) in [6.45, 7) is 0. The van der Waals surface area contributed by atoms with Gasteiger partial charge in [0.25, 0.3) is 0 Å². The van der Waals surface area contributed by atoms with E-state index in [9.17, 15) is 0 Å². The summed E-state index contributed by atoms with van der Waals surface area (Å²) in [7, 11) is 0. The Morgan fingerprint density at radius 1 is 1.13 bits per heavy atom. The maximum Gasteiger partial charge on any atom is 0.0349 e. The largest absolute Gasteiger partial charge is 0.385 e. The van der Waals surface area contributed by atoms with Crippen LogP contribution in [-0.4, -0.2) is 6.04 Å². The third-order valence-corrected chi connectivity index (χ3v) is 5.47. The zero-order valence-electron chi connectivity index (χ0n) is 9.47. The highest BCUT2D eigenvalue weighted by molar-refractivity contribution is 5.20. The van der Waals surface area contributed by atoms with Crippen LogP contribution in [0, 0.1) is 17.3 Å². The Balaban J connectivity index is 1.51. The van der Waals surface area contributed by atoms with Gasteiger partial charge in [-0.15, -0.1) is 0 Å². The lowest BCUT2D eigenvalue weighted by molar-refractivity contribution is 0.214. The fourth-order valence-corrected chi connectivity index (χ4v) is 4.37. The predicted molar refractivity (Wildman–Crippen MR) is 61.4 cm³/mol. The van der Waals surface area contributed by atoms with Crippen molar-refractivity contribution in [1.82, 2.24) is 5.32 Å². The number of hydrogen-bond donors (Lipinski definition) is 1. The lowest BCUT2D eigenvalue weighted by atomic mass is 9.77. The fourth-order valence-electron chi connectivity index (χ4n) is 4.37. The molecule has 1 heteroatoms. The number of allylic oxidation sites excluding steroid dienone is 1.